The highest BCUT2D eigenvalue weighted by Gasteiger charge is 2.46. The summed E-state index contributed by atoms with van der Waals surface area (Å²) in [6, 6.07) is 16.3. The molecule has 3 N–H and O–H groups in total. The molecule has 3 atom stereocenters. The van der Waals surface area contributed by atoms with E-state index in [2.05, 4.69) is 15.1 Å². The fourth-order valence-corrected chi connectivity index (χ4v) is 7.67. The van der Waals surface area contributed by atoms with Gasteiger partial charge in [0.05, 0.1) is 17.6 Å². The van der Waals surface area contributed by atoms with Crippen molar-refractivity contribution in [2.45, 2.75) is 48.6 Å². The lowest BCUT2D eigenvalue weighted by atomic mass is 9.87. The molecule has 43 heavy (non-hydrogen) atoms. The maximum Gasteiger partial charge on any atom is 0.273 e. The van der Waals surface area contributed by atoms with E-state index in [0.29, 0.717) is 29.7 Å². The predicted octanol–water partition coefficient (Wildman–Crippen LogP) is 4.10. The minimum atomic E-state index is -3.77. The lowest BCUT2D eigenvalue weighted by Gasteiger charge is -2.39. The van der Waals surface area contributed by atoms with Crippen LogP contribution in [-0.4, -0.2) is 67.2 Å². The topological polar surface area (TPSA) is 157 Å². The normalized spacial score (nSPS) is 20.0. The smallest absolute Gasteiger partial charge is 0.273 e. The number of fused-ring (bicyclic) bond motifs is 3. The number of amides is 1. The van der Waals surface area contributed by atoms with Gasteiger partial charge in [-0.15, -0.1) is 0 Å². The summed E-state index contributed by atoms with van der Waals surface area (Å²) in [4.78, 5) is 29.0. The van der Waals surface area contributed by atoms with E-state index in [1.54, 1.807) is 12.4 Å². The number of sulfone groups is 1. The fraction of sp³-hybridized carbons (Fsp3) is 0.258. The van der Waals surface area contributed by atoms with E-state index in [-0.39, 0.29) is 46.1 Å². The summed E-state index contributed by atoms with van der Waals surface area (Å²) >= 11 is 0. The third kappa shape index (κ3) is 4.67. The summed E-state index contributed by atoms with van der Waals surface area (Å²) in [5, 5.41) is 14.3. The molecule has 218 valence electrons. The molecule has 6 heterocycles. The Kier molecular flexibility index (Phi) is 6.38. The van der Waals surface area contributed by atoms with Crippen LogP contribution in [0.2, 0.25) is 0 Å². The van der Waals surface area contributed by atoms with Crippen LogP contribution in [0.25, 0.3) is 28.0 Å². The van der Waals surface area contributed by atoms with Crippen molar-refractivity contribution in [3.05, 3.63) is 84.6 Å². The van der Waals surface area contributed by atoms with Crippen LogP contribution in [-0.2, 0) is 9.84 Å². The molecule has 1 amide bonds. The number of carbonyl (C=O) groups is 1. The Morgan fingerprint density at radius 1 is 0.977 bits per heavy atom. The first-order valence-corrected chi connectivity index (χ1v) is 15.9. The van der Waals surface area contributed by atoms with Gasteiger partial charge in [0.25, 0.3) is 5.91 Å². The van der Waals surface area contributed by atoms with E-state index in [9.17, 15) is 18.3 Å². The molecule has 1 aromatic carbocycles. The monoisotopic (exact) mass is 595 g/mol. The molecule has 2 aliphatic rings. The highest BCUT2D eigenvalue weighted by Crippen LogP contribution is 2.46. The zero-order valence-corrected chi connectivity index (χ0v) is 24.1. The Balaban J connectivity index is 1.27. The van der Waals surface area contributed by atoms with E-state index >= 15 is 0 Å². The number of hydrogen-bond acceptors (Lipinski definition) is 9. The molecule has 2 saturated heterocycles. The second-order valence-electron chi connectivity index (χ2n) is 11.2. The van der Waals surface area contributed by atoms with Crippen LogP contribution in [0.4, 0.5) is 5.82 Å². The molecule has 2 bridgehead atoms. The number of aromatic hydroxyl groups is 1. The SMILES string of the molecule is CS(=O)(=O)c1c([C@@H]2C[C@H]3CC[C@@H](C2)N3C(=O)c2cc(O)ccn2)nc2c(-c3ccc(-c4ccccc4)nc3)cnn2c1N. The van der Waals surface area contributed by atoms with E-state index in [0.717, 1.165) is 35.9 Å². The molecule has 7 rings (SSSR count). The van der Waals surface area contributed by atoms with Crippen molar-refractivity contribution in [3.63, 3.8) is 0 Å². The van der Waals surface area contributed by atoms with Crippen molar-refractivity contribution in [3.8, 4) is 28.1 Å². The molecular weight excluding hydrogens is 566 g/mol. The molecule has 0 aliphatic carbocycles. The molecule has 0 radical (unpaired) electrons. The van der Waals surface area contributed by atoms with Crippen LogP contribution >= 0.6 is 0 Å². The molecule has 0 saturated carbocycles. The van der Waals surface area contributed by atoms with Crippen LogP contribution in [0, 0.1) is 0 Å². The van der Waals surface area contributed by atoms with E-state index < -0.39 is 9.84 Å². The van der Waals surface area contributed by atoms with Crippen molar-refractivity contribution in [1.82, 2.24) is 29.5 Å². The number of nitrogen functional groups attached to an aromatic ring is 1. The first-order valence-electron chi connectivity index (χ1n) is 14.1. The van der Waals surface area contributed by atoms with Gasteiger partial charge in [0.15, 0.2) is 15.5 Å². The maximum absolute atomic E-state index is 13.4. The van der Waals surface area contributed by atoms with E-state index in [1.807, 2.05) is 47.4 Å². The first-order chi connectivity index (χ1) is 20.7. The molecule has 2 aliphatic heterocycles. The van der Waals surface area contributed by atoms with Gasteiger partial charge < -0.3 is 15.7 Å². The van der Waals surface area contributed by atoms with Crippen molar-refractivity contribution < 1.29 is 18.3 Å². The summed E-state index contributed by atoms with van der Waals surface area (Å²) in [5.41, 5.74) is 10.8. The number of benzene rings is 1. The number of pyridine rings is 2. The van der Waals surface area contributed by atoms with Crippen molar-refractivity contribution in [2.75, 3.05) is 12.0 Å². The van der Waals surface area contributed by atoms with Gasteiger partial charge in [0.1, 0.15) is 22.2 Å². The van der Waals surface area contributed by atoms with Crippen molar-refractivity contribution >= 4 is 27.2 Å². The highest BCUT2D eigenvalue weighted by molar-refractivity contribution is 7.91. The summed E-state index contributed by atoms with van der Waals surface area (Å²) in [5.74, 6) is -0.486. The lowest BCUT2D eigenvalue weighted by Crippen LogP contribution is -2.46. The summed E-state index contributed by atoms with van der Waals surface area (Å²) in [7, 11) is -3.77. The first kappa shape index (κ1) is 27.0. The van der Waals surface area contributed by atoms with Crippen LogP contribution in [0.3, 0.4) is 0 Å². The second kappa shape index (κ2) is 10.2. The number of rotatable bonds is 5. The Labute approximate surface area is 248 Å². The number of nitrogens with zero attached hydrogens (tertiary/aromatic N) is 6. The standard InChI is InChI=1S/C31H29N7O4S/c1-43(41,42)28-27(20-13-21-8-9-22(14-20)37(21)31(40)26-15-23(39)11-12-33-26)36-30-24(17-35-38(30)29(28)32)19-7-10-25(34-16-19)18-5-3-2-4-6-18/h2-7,10-12,15-17,20-22H,8-9,13-14,32H2,1H3,(H,33,39)/t20-,21-,22+. The molecular formula is C31H29N7O4S. The highest BCUT2D eigenvalue weighted by atomic mass is 32.2. The van der Waals surface area contributed by atoms with Gasteiger partial charge in [0, 0.05) is 59.4 Å². The Bertz CT molecular complexity index is 1960. The second-order valence-corrected chi connectivity index (χ2v) is 13.2. The van der Waals surface area contributed by atoms with Gasteiger partial charge in [-0.1, -0.05) is 36.4 Å². The summed E-state index contributed by atoms with van der Waals surface area (Å²) in [6.07, 6.45) is 8.55. The Morgan fingerprint density at radius 3 is 2.37 bits per heavy atom. The third-order valence-corrected chi connectivity index (χ3v) is 9.66. The van der Waals surface area contributed by atoms with Crippen molar-refractivity contribution in [1.29, 1.82) is 0 Å². The number of anilines is 1. The average molecular weight is 596 g/mol. The number of carbonyl (C=O) groups excluding carboxylic acids is 1. The van der Waals surface area contributed by atoms with E-state index in [4.69, 9.17) is 10.7 Å². The van der Waals surface area contributed by atoms with Gasteiger partial charge in [-0.25, -0.2) is 13.4 Å². The minimum absolute atomic E-state index is 0.0115. The third-order valence-electron chi connectivity index (χ3n) is 8.50. The Morgan fingerprint density at radius 2 is 1.72 bits per heavy atom. The van der Waals surface area contributed by atoms with Gasteiger partial charge in [-0.2, -0.15) is 9.61 Å². The number of nitrogens with two attached hydrogens (primary N) is 1. The number of piperidine rings is 1. The summed E-state index contributed by atoms with van der Waals surface area (Å²) < 4.78 is 27.6. The summed E-state index contributed by atoms with van der Waals surface area (Å²) in [6.45, 7) is 0. The van der Waals surface area contributed by atoms with E-state index in [1.165, 1.54) is 22.8 Å². The van der Waals surface area contributed by atoms with Gasteiger partial charge in [0.2, 0.25) is 0 Å². The lowest BCUT2D eigenvalue weighted by molar-refractivity contribution is 0.0561. The number of hydrogen-bond donors (Lipinski definition) is 2. The van der Waals surface area contributed by atoms with Crippen LogP contribution in [0.5, 0.6) is 5.75 Å². The Hall–Kier alpha value is -4.84. The zero-order valence-electron chi connectivity index (χ0n) is 23.3. The molecule has 2 fully saturated rings. The van der Waals surface area contributed by atoms with Crippen LogP contribution in [0.1, 0.15) is 47.8 Å². The molecule has 0 unspecified atom stereocenters. The predicted molar refractivity (Wildman–Crippen MR) is 160 cm³/mol. The largest absolute Gasteiger partial charge is 0.508 e. The quantitative estimate of drug-likeness (QED) is 0.305. The molecule has 4 aromatic heterocycles. The molecule has 5 aromatic rings. The fourth-order valence-electron chi connectivity index (χ4n) is 6.61. The van der Waals surface area contributed by atoms with Crippen LogP contribution in [0.15, 0.2) is 78.1 Å². The average Bonchev–Trinajstić information content (AvgIpc) is 3.54. The number of aromatic nitrogens is 5. The minimum Gasteiger partial charge on any atom is -0.508 e. The van der Waals surface area contributed by atoms with Gasteiger partial charge in [-0.05, 0) is 37.8 Å². The van der Waals surface area contributed by atoms with Gasteiger partial charge in [-0.3, -0.25) is 14.8 Å². The molecule has 0 spiro atoms. The molecule has 12 heteroatoms. The van der Waals surface area contributed by atoms with Gasteiger partial charge >= 0.3 is 0 Å². The van der Waals surface area contributed by atoms with Crippen LogP contribution < -0.4 is 5.73 Å². The maximum atomic E-state index is 13.4. The molecule has 11 nitrogen and oxygen atoms in total. The van der Waals surface area contributed by atoms with Crippen molar-refractivity contribution in [2.24, 2.45) is 0 Å². The zero-order chi connectivity index (χ0) is 29.9.